The predicted molar refractivity (Wildman–Crippen MR) is 87.0 cm³/mol. The molecule has 1 saturated carbocycles. The molecule has 1 fully saturated rings. The highest BCUT2D eigenvalue weighted by Crippen LogP contribution is 2.27. The molecule has 134 valence electrons. The second-order valence-electron chi connectivity index (χ2n) is 6.12. The minimum atomic E-state index is -1.03. The number of carbonyl (C=O) groups is 2. The summed E-state index contributed by atoms with van der Waals surface area (Å²) in [6.45, 7) is 1.05. The molecular formula is C18H21FN2O4. The lowest BCUT2D eigenvalue weighted by atomic mass is 9.83. The van der Waals surface area contributed by atoms with Crippen LogP contribution in [0.1, 0.15) is 39.0 Å². The molecule has 0 bridgehead atoms. The van der Waals surface area contributed by atoms with Crippen molar-refractivity contribution in [3.05, 3.63) is 30.1 Å². The number of nitrogens with zero attached hydrogens (tertiary/aromatic N) is 1. The number of hydrogen-bond acceptors (Lipinski definition) is 5. The van der Waals surface area contributed by atoms with Crippen LogP contribution in [0.3, 0.4) is 0 Å². The van der Waals surface area contributed by atoms with Crippen molar-refractivity contribution in [1.29, 1.82) is 5.26 Å². The molecule has 7 heteroatoms. The number of hydrogen-bond donors (Lipinski definition) is 1. The van der Waals surface area contributed by atoms with E-state index in [-0.39, 0.29) is 0 Å². The van der Waals surface area contributed by atoms with Gasteiger partial charge in [0.1, 0.15) is 17.1 Å². The largest absolute Gasteiger partial charge is 0.482 e. The highest BCUT2D eigenvalue weighted by atomic mass is 19.1. The van der Waals surface area contributed by atoms with Gasteiger partial charge in [-0.1, -0.05) is 19.3 Å². The maximum Gasteiger partial charge on any atom is 0.344 e. The molecule has 0 aromatic heterocycles. The summed E-state index contributed by atoms with van der Waals surface area (Å²) >= 11 is 0. The molecule has 1 aliphatic rings. The molecule has 0 saturated heterocycles. The van der Waals surface area contributed by atoms with Gasteiger partial charge in [0.2, 0.25) is 0 Å². The summed E-state index contributed by atoms with van der Waals surface area (Å²) < 4.78 is 23.0. The van der Waals surface area contributed by atoms with Crippen LogP contribution in [0.25, 0.3) is 0 Å². The molecule has 1 aliphatic carbocycles. The van der Waals surface area contributed by atoms with Gasteiger partial charge in [-0.2, -0.15) is 5.26 Å². The van der Waals surface area contributed by atoms with Crippen LogP contribution in [-0.2, 0) is 14.3 Å². The van der Waals surface area contributed by atoms with Crippen LogP contribution in [0.4, 0.5) is 4.39 Å². The molecule has 1 N–H and O–H groups in total. The van der Waals surface area contributed by atoms with E-state index >= 15 is 0 Å². The van der Waals surface area contributed by atoms with E-state index in [1.54, 1.807) is 0 Å². The van der Waals surface area contributed by atoms with Gasteiger partial charge in [-0.15, -0.1) is 0 Å². The molecule has 0 unspecified atom stereocenters. The number of ether oxygens (including phenoxy) is 2. The minimum absolute atomic E-state index is 0.320. The molecular weight excluding hydrogens is 327 g/mol. The van der Waals surface area contributed by atoms with Gasteiger partial charge >= 0.3 is 5.97 Å². The summed E-state index contributed by atoms with van der Waals surface area (Å²) in [5, 5.41) is 12.1. The van der Waals surface area contributed by atoms with Gasteiger partial charge in [0.25, 0.3) is 5.91 Å². The van der Waals surface area contributed by atoms with Crippen LogP contribution in [0.15, 0.2) is 24.3 Å². The van der Waals surface area contributed by atoms with Gasteiger partial charge in [-0.05, 0) is 44.0 Å². The van der Waals surface area contributed by atoms with Crippen molar-refractivity contribution in [1.82, 2.24) is 5.32 Å². The van der Waals surface area contributed by atoms with Crippen molar-refractivity contribution in [3.8, 4) is 11.8 Å². The van der Waals surface area contributed by atoms with Gasteiger partial charge in [0, 0.05) is 0 Å². The van der Waals surface area contributed by atoms with Crippen molar-refractivity contribution in [2.24, 2.45) is 0 Å². The average molecular weight is 348 g/mol. The van der Waals surface area contributed by atoms with Gasteiger partial charge in [-0.25, -0.2) is 9.18 Å². The van der Waals surface area contributed by atoms with Crippen molar-refractivity contribution in [2.45, 2.75) is 50.7 Å². The number of nitriles is 1. The molecule has 1 amide bonds. The quantitative estimate of drug-likeness (QED) is 0.798. The van der Waals surface area contributed by atoms with E-state index in [4.69, 9.17) is 9.47 Å². The number of halogens is 1. The Labute approximate surface area is 145 Å². The lowest BCUT2D eigenvalue weighted by Gasteiger charge is -2.32. The van der Waals surface area contributed by atoms with E-state index < -0.39 is 35.9 Å². The Bertz CT molecular complexity index is 648. The first-order chi connectivity index (χ1) is 11.9. The molecule has 1 aromatic rings. The van der Waals surface area contributed by atoms with Crippen LogP contribution < -0.4 is 10.1 Å². The van der Waals surface area contributed by atoms with Crippen LogP contribution in [0.2, 0.25) is 0 Å². The van der Waals surface area contributed by atoms with Crippen LogP contribution in [0, 0.1) is 17.1 Å². The predicted octanol–water partition coefficient (Wildman–Crippen LogP) is 2.48. The third kappa shape index (κ3) is 5.45. The number of esters is 1. The summed E-state index contributed by atoms with van der Waals surface area (Å²) in [7, 11) is 0. The summed E-state index contributed by atoms with van der Waals surface area (Å²) in [4.78, 5) is 24.0. The number of carbonyl (C=O) groups excluding carboxylic acids is 2. The van der Waals surface area contributed by atoms with Gasteiger partial charge in [0.05, 0.1) is 6.07 Å². The molecule has 0 aliphatic heterocycles. The SMILES string of the molecule is C[C@@H](OC(=O)COc1ccc(F)cc1)C(=O)NC1(C#N)CCCCC1. The first kappa shape index (κ1) is 18.7. The van der Waals surface area contributed by atoms with Crippen molar-refractivity contribution in [3.63, 3.8) is 0 Å². The second kappa shape index (κ2) is 8.47. The number of amides is 1. The van der Waals surface area contributed by atoms with E-state index in [0.29, 0.717) is 18.6 Å². The van der Waals surface area contributed by atoms with E-state index in [1.165, 1.54) is 31.2 Å². The molecule has 6 nitrogen and oxygen atoms in total. The first-order valence-electron chi connectivity index (χ1n) is 8.25. The second-order valence-corrected chi connectivity index (χ2v) is 6.12. The van der Waals surface area contributed by atoms with Gasteiger partial charge in [-0.3, -0.25) is 4.79 Å². The molecule has 2 rings (SSSR count). The van der Waals surface area contributed by atoms with E-state index in [9.17, 15) is 19.2 Å². The Morgan fingerprint density at radius 3 is 2.52 bits per heavy atom. The molecule has 0 spiro atoms. The van der Waals surface area contributed by atoms with E-state index in [1.807, 2.05) is 0 Å². The van der Waals surface area contributed by atoms with Crippen molar-refractivity contribution < 1.29 is 23.5 Å². The number of rotatable bonds is 6. The highest BCUT2D eigenvalue weighted by molar-refractivity contribution is 5.84. The number of benzene rings is 1. The fraction of sp³-hybridized carbons (Fsp3) is 0.500. The Balaban J connectivity index is 1.80. The van der Waals surface area contributed by atoms with Crippen molar-refractivity contribution >= 4 is 11.9 Å². The average Bonchev–Trinajstić information content (AvgIpc) is 2.62. The lowest BCUT2D eigenvalue weighted by Crippen LogP contribution is -2.52. The van der Waals surface area contributed by atoms with E-state index in [2.05, 4.69) is 11.4 Å². The van der Waals surface area contributed by atoms with E-state index in [0.717, 1.165) is 19.3 Å². The standard InChI is InChI=1S/C18H21FN2O4/c1-13(17(23)21-18(12-20)9-3-2-4-10-18)25-16(22)11-24-15-7-5-14(19)6-8-15/h5-8,13H,2-4,9-11H2,1H3,(H,21,23)/t13-/m1/s1. The third-order valence-electron chi connectivity index (χ3n) is 4.13. The smallest absolute Gasteiger partial charge is 0.344 e. The summed E-state index contributed by atoms with van der Waals surface area (Å²) in [6.07, 6.45) is 2.98. The first-order valence-corrected chi connectivity index (χ1v) is 8.25. The maximum atomic E-state index is 12.8. The topological polar surface area (TPSA) is 88.4 Å². The zero-order valence-electron chi connectivity index (χ0n) is 14.1. The molecule has 0 heterocycles. The Kier molecular flexibility index (Phi) is 6.34. The summed E-state index contributed by atoms with van der Waals surface area (Å²) in [6, 6.07) is 7.38. The lowest BCUT2D eigenvalue weighted by molar-refractivity contribution is -0.157. The zero-order valence-corrected chi connectivity index (χ0v) is 14.1. The van der Waals surface area contributed by atoms with Gasteiger partial charge in [0.15, 0.2) is 12.7 Å². The fourth-order valence-corrected chi connectivity index (χ4v) is 2.72. The number of nitrogens with one attached hydrogen (secondary N) is 1. The monoisotopic (exact) mass is 348 g/mol. The Morgan fingerprint density at radius 1 is 1.28 bits per heavy atom. The fourth-order valence-electron chi connectivity index (χ4n) is 2.72. The van der Waals surface area contributed by atoms with Crippen LogP contribution in [-0.4, -0.2) is 30.1 Å². The van der Waals surface area contributed by atoms with Crippen LogP contribution >= 0.6 is 0 Å². The van der Waals surface area contributed by atoms with Crippen LogP contribution in [0.5, 0.6) is 5.75 Å². The van der Waals surface area contributed by atoms with Gasteiger partial charge < -0.3 is 14.8 Å². The maximum absolute atomic E-state index is 12.8. The summed E-state index contributed by atoms with van der Waals surface area (Å²) in [5.74, 6) is -1.31. The Hall–Kier alpha value is -2.62. The molecule has 1 atom stereocenters. The molecule has 0 radical (unpaired) electrons. The van der Waals surface area contributed by atoms with Crippen molar-refractivity contribution in [2.75, 3.05) is 6.61 Å². The third-order valence-corrected chi connectivity index (χ3v) is 4.13. The molecule has 25 heavy (non-hydrogen) atoms. The summed E-state index contributed by atoms with van der Waals surface area (Å²) in [5.41, 5.74) is -0.874. The minimum Gasteiger partial charge on any atom is -0.482 e. The molecule has 1 aromatic carbocycles. The highest BCUT2D eigenvalue weighted by Gasteiger charge is 2.35. The normalized spacial score (nSPS) is 17.0. The Morgan fingerprint density at radius 2 is 1.92 bits per heavy atom. The zero-order chi connectivity index (χ0) is 18.3.